The van der Waals surface area contributed by atoms with Crippen molar-refractivity contribution in [2.24, 2.45) is 11.7 Å². The van der Waals surface area contributed by atoms with E-state index in [0.717, 1.165) is 24.3 Å². The predicted molar refractivity (Wildman–Crippen MR) is 84.4 cm³/mol. The summed E-state index contributed by atoms with van der Waals surface area (Å²) in [6, 6.07) is 7.80. The molecule has 1 aliphatic carbocycles. The fourth-order valence-electron chi connectivity index (χ4n) is 2.90. The smallest absolute Gasteiger partial charge is 0.239 e. The van der Waals surface area contributed by atoms with Crippen LogP contribution in [0.1, 0.15) is 25.7 Å². The zero-order valence-electron chi connectivity index (χ0n) is 12.6. The van der Waals surface area contributed by atoms with Gasteiger partial charge in [0.15, 0.2) is 0 Å². The van der Waals surface area contributed by atoms with E-state index in [9.17, 15) is 4.79 Å². The van der Waals surface area contributed by atoms with Crippen LogP contribution >= 0.6 is 0 Å². The van der Waals surface area contributed by atoms with Crippen LogP contribution in [0.3, 0.4) is 0 Å². The normalized spacial score (nSPS) is 21.6. The number of rotatable bonds is 6. The molecule has 4 N–H and O–H groups in total. The van der Waals surface area contributed by atoms with Gasteiger partial charge in [-0.25, -0.2) is 0 Å². The molecule has 1 aromatic rings. The molecule has 2 unspecified atom stereocenters. The van der Waals surface area contributed by atoms with Crippen LogP contribution in [0.4, 0.5) is 5.69 Å². The zero-order valence-corrected chi connectivity index (χ0v) is 12.6. The van der Waals surface area contributed by atoms with Crippen LogP contribution in [0.5, 0.6) is 5.75 Å². The second-order valence-electron chi connectivity index (χ2n) is 5.51. The van der Waals surface area contributed by atoms with E-state index in [0.29, 0.717) is 12.5 Å². The van der Waals surface area contributed by atoms with Gasteiger partial charge in [-0.05, 0) is 37.4 Å². The Kier molecular flexibility index (Phi) is 5.87. The van der Waals surface area contributed by atoms with E-state index in [1.807, 2.05) is 24.3 Å². The van der Waals surface area contributed by atoms with Crippen molar-refractivity contribution in [1.29, 1.82) is 0 Å². The van der Waals surface area contributed by atoms with Crippen molar-refractivity contribution < 1.29 is 9.53 Å². The van der Waals surface area contributed by atoms with E-state index in [1.165, 1.54) is 12.8 Å². The molecule has 1 saturated carbocycles. The summed E-state index contributed by atoms with van der Waals surface area (Å²) in [5.74, 6) is 1.16. The molecule has 5 nitrogen and oxygen atoms in total. The number of amides is 1. The van der Waals surface area contributed by atoms with Crippen molar-refractivity contribution in [3.05, 3.63) is 24.3 Å². The SMILES string of the molecule is COc1ccccc1NCC(=O)NC1CCCCC1CN. The highest BCUT2D eigenvalue weighted by molar-refractivity contribution is 5.81. The summed E-state index contributed by atoms with van der Waals surface area (Å²) in [6.07, 6.45) is 4.53. The van der Waals surface area contributed by atoms with Crippen molar-refractivity contribution in [1.82, 2.24) is 5.32 Å². The fourth-order valence-corrected chi connectivity index (χ4v) is 2.90. The van der Waals surface area contributed by atoms with Crippen LogP contribution in [0.25, 0.3) is 0 Å². The molecule has 1 aromatic carbocycles. The number of benzene rings is 1. The quantitative estimate of drug-likeness (QED) is 0.746. The third-order valence-electron chi connectivity index (χ3n) is 4.10. The molecule has 2 rings (SSSR count). The monoisotopic (exact) mass is 291 g/mol. The Bertz CT molecular complexity index is 465. The van der Waals surface area contributed by atoms with Gasteiger partial charge in [0, 0.05) is 6.04 Å². The minimum absolute atomic E-state index is 0.00579. The Morgan fingerprint density at radius 3 is 2.86 bits per heavy atom. The zero-order chi connectivity index (χ0) is 15.1. The molecule has 1 aliphatic rings. The van der Waals surface area contributed by atoms with Gasteiger partial charge in [-0.15, -0.1) is 0 Å². The molecular weight excluding hydrogens is 266 g/mol. The third-order valence-corrected chi connectivity index (χ3v) is 4.10. The molecule has 0 radical (unpaired) electrons. The molecule has 0 spiro atoms. The first kappa shape index (κ1) is 15.6. The number of ether oxygens (including phenoxy) is 1. The minimum Gasteiger partial charge on any atom is -0.495 e. The molecule has 1 amide bonds. The largest absolute Gasteiger partial charge is 0.495 e. The van der Waals surface area contributed by atoms with Gasteiger partial charge >= 0.3 is 0 Å². The van der Waals surface area contributed by atoms with Gasteiger partial charge in [-0.3, -0.25) is 4.79 Å². The van der Waals surface area contributed by atoms with Crippen molar-refractivity contribution in [3.63, 3.8) is 0 Å². The van der Waals surface area contributed by atoms with Crippen LogP contribution in [-0.2, 0) is 4.79 Å². The number of carbonyl (C=O) groups is 1. The molecule has 1 fully saturated rings. The number of para-hydroxylation sites is 2. The summed E-state index contributed by atoms with van der Waals surface area (Å²) < 4.78 is 5.25. The van der Waals surface area contributed by atoms with Gasteiger partial charge in [0.1, 0.15) is 5.75 Å². The van der Waals surface area contributed by atoms with Crippen LogP contribution < -0.4 is 21.1 Å². The molecule has 0 saturated heterocycles. The predicted octanol–water partition coefficient (Wildman–Crippen LogP) is 1.74. The molecule has 2 atom stereocenters. The molecule has 5 heteroatoms. The first-order valence-electron chi connectivity index (χ1n) is 7.61. The first-order chi connectivity index (χ1) is 10.2. The molecule has 21 heavy (non-hydrogen) atoms. The third kappa shape index (κ3) is 4.36. The second-order valence-corrected chi connectivity index (χ2v) is 5.51. The summed E-state index contributed by atoms with van der Waals surface area (Å²) in [4.78, 5) is 12.1. The fraction of sp³-hybridized carbons (Fsp3) is 0.562. The number of hydrogen-bond donors (Lipinski definition) is 3. The number of nitrogens with one attached hydrogen (secondary N) is 2. The lowest BCUT2D eigenvalue weighted by atomic mass is 9.84. The number of anilines is 1. The Balaban J connectivity index is 1.84. The number of nitrogens with two attached hydrogens (primary N) is 1. The summed E-state index contributed by atoms with van der Waals surface area (Å²) >= 11 is 0. The Hall–Kier alpha value is -1.75. The maximum atomic E-state index is 12.1. The number of hydrogen-bond acceptors (Lipinski definition) is 4. The number of methoxy groups -OCH3 is 1. The maximum Gasteiger partial charge on any atom is 0.239 e. The standard InChI is InChI=1S/C16H25N3O2/c1-21-15-9-5-4-8-14(15)18-11-16(20)19-13-7-3-2-6-12(13)10-17/h4-5,8-9,12-13,18H,2-3,6-7,10-11,17H2,1H3,(H,19,20). The van der Waals surface area contributed by atoms with E-state index in [4.69, 9.17) is 10.5 Å². The van der Waals surface area contributed by atoms with Crippen LogP contribution in [0.15, 0.2) is 24.3 Å². The molecule has 116 valence electrons. The van der Waals surface area contributed by atoms with Gasteiger partial charge in [0.2, 0.25) is 5.91 Å². The lowest BCUT2D eigenvalue weighted by Gasteiger charge is -2.31. The van der Waals surface area contributed by atoms with Crippen molar-refractivity contribution >= 4 is 11.6 Å². The van der Waals surface area contributed by atoms with E-state index in [2.05, 4.69) is 10.6 Å². The highest BCUT2D eigenvalue weighted by Crippen LogP contribution is 2.24. The minimum atomic E-state index is 0.00579. The van der Waals surface area contributed by atoms with E-state index >= 15 is 0 Å². The van der Waals surface area contributed by atoms with Crippen LogP contribution in [0.2, 0.25) is 0 Å². The number of carbonyl (C=O) groups excluding carboxylic acids is 1. The maximum absolute atomic E-state index is 12.1. The highest BCUT2D eigenvalue weighted by Gasteiger charge is 2.25. The van der Waals surface area contributed by atoms with Crippen molar-refractivity contribution in [2.75, 3.05) is 25.5 Å². The molecule has 0 aliphatic heterocycles. The summed E-state index contributed by atoms with van der Waals surface area (Å²) in [6.45, 7) is 0.888. The van der Waals surface area contributed by atoms with Gasteiger partial charge < -0.3 is 21.1 Å². The Morgan fingerprint density at radius 2 is 2.10 bits per heavy atom. The van der Waals surface area contributed by atoms with E-state index in [1.54, 1.807) is 7.11 Å². The van der Waals surface area contributed by atoms with Gasteiger partial charge in [-0.1, -0.05) is 25.0 Å². The summed E-state index contributed by atoms with van der Waals surface area (Å²) in [5.41, 5.74) is 6.62. The second kappa shape index (κ2) is 7.88. The van der Waals surface area contributed by atoms with Crippen molar-refractivity contribution in [2.45, 2.75) is 31.7 Å². The lowest BCUT2D eigenvalue weighted by Crippen LogP contribution is -2.46. The average Bonchev–Trinajstić information content (AvgIpc) is 2.53. The first-order valence-corrected chi connectivity index (χ1v) is 7.61. The molecule has 0 heterocycles. The summed E-state index contributed by atoms with van der Waals surface area (Å²) in [5, 5.41) is 6.22. The summed E-state index contributed by atoms with van der Waals surface area (Å²) in [7, 11) is 1.62. The van der Waals surface area contributed by atoms with Crippen LogP contribution in [0, 0.1) is 5.92 Å². The molecule has 0 bridgehead atoms. The topological polar surface area (TPSA) is 76.4 Å². The molecule has 0 aromatic heterocycles. The molecular formula is C16H25N3O2. The van der Waals surface area contributed by atoms with Gasteiger partial charge in [0.05, 0.1) is 19.3 Å². The van der Waals surface area contributed by atoms with Gasteiger partial charge in [-0.2, -0.15) is 0 Å². The lowest BCUT2D eigenvalue weighted by molar-refractivity contribution is -0.120. The average molecular weight is 291 g/mol. The Morgan fingerprint density at radius 1 is 1.33 bits per heavy atom. The van der Waals surface area contributed by atoms with Gasteiger partial charge in [0.25, 0.3) is 0 Å². The van der Waals surface area contributed by atoms with Crippen LogP contribution in [-0.4, -0.2) is 32.1 Å². The highest BCUT2D eigenvalue weighted by atomic mass is 16.5. The van der Waals surface area contributed by atoms with E-state index in [-0.39, 0.29) is 18.5 Å². The Labute approximate surface area is 126 Å². The van der Waals surface area contributed by atoms with Crippen molar-refractivity contribution in [3.8, 4) is 5.75 Å². The van der Waals surface area contributed by atoms with E-state index < -0.39 is 0 Å².